The number of benzene rings is 1. The lowest BCUT2D eigenvalue weighted by atomic mass is 10.2. The van der Waals surface area contributed by atoms with Crippen LogP contribution in [-0.2, 0) is 0 Å². The number of anilines is 1. The Hall–Kier alpha value is -1.90. The number of likely N-dealkylation sites (N-methyl/N-ethyl adjacent to an activating group) is 1. The first-order chi connectivity index (χ1) is 12.9. The Morgan fingerprint density at radius 2 is 2.07 bits per heavy atom. The van der Waals surface area contributed by atoms with Crippen molar-refractivity contribution >= 4 is 45.2 Å². The van der Waals surface area contributed by atoms with E-state index in [1.54, 1.807) is 24.3 Å². The molecule has 0 aliphatic heterocycles. The lowest BCUT2D eigenvalue weighted by Crippen LogP contribution is -2.41. The van der Waals surface area contributed by atoms with Gasteiger partial charge < -0.3 is 15.5 Å². The van der Waals surface area contributed by atoms with Crippen LogP contribution in [0.15, 0.2) is 28.7 Å². The molecule has 1 saturated carbocycles. The van der Waals surface area contributed by atoms with Crippen molar-refractivity contribution in [2.75, 3.05) is 18.9 Å². The van der Waals surface area contributed by atoms with Crippen molar-refractivity contribution in [2.45, 2.75) is 31.8 Å². The van der Waals surface area contributed by atoms with Gasteiger partial charge in [-0.25, -0.2) is 0 Å². The number of nitrogens with zero attached hydrogens (tertiary/aromatic N) is 2. The summed E-state index contributed by atoms with van der Waals surface area (Å²) in [6, 6.07) is 7.33. The van der Waals surface area contributed by atoms with Crippen LogP contribution in [-0.4, -0.2) is 52.6 Å². The molecule has 9 heteroatoms. The number of hydrogen-bond donors (Lipinski definition) is 3. The van der Waals surface area contributed by atoms with Gasteiger partial charge in [0.25, 0.3) is 11.8 Å². The van der Waals surface area contributed by atoms with Crippen molar-refractivity contribution in [1.82, 2.24) is 20.4 Å². The van der Waals surface area contributed by atoms with Crippen LogP contribution in [0.25, 0.3) is 0 Å². The highest BCUT2D eigenvalue weighted by Crippen LogP contribution is 2.26. The summed E-state index contributed by atoms with van der Waals surface area (Å²) in [5.74, 6) is -0.462. The first-order valence-electron chi connectivity index (χ1n) is 8.67. The lowest BCUT2D eigenvalue weighted by molar-refractivity contribution is 0.0924. The van der Waals surface area contributed by atoms with E-state index in [0.717, 1.165) is 6.54 Å². The van der Waals surface area contributed by atoms with Crippen molar-refractivity contribution < 1.29 is 9.59 Å². The van der Waals surface area contributed by atoms with E-state index >= 15 is 0 Å². The van der Waals surface area contributed by atoms with Gasteiger partial charge in [0.1, 0.15) is 5.69 Å². The van der Waals surface area contributed by atoms with E-state index in [1.807, 2.05) is 6.92 Å². The molecule has 144 valence electrons. The predicted molar refractivity (Wildman–Crippen MR) is 108 cm³/mol. The van der Waals surface area contributed by atoms with Crippen LogP contribution in [0.4, 0.5) is 5.82 Å². The molecule has 3 N–H and O–H groups in total. The zero-order valence-corrected chi connectivity index (χ0v) is 17.4. The Morgan fingerprint density at radius 3 is 2.74 bits per heavy atom. The number of carbonyl (C=O) groups is 2. The van der Waals surface area contributed by atoms with Gasteiger partial charge in [0, 0.05) is 18.6 Å². The van der Waals surface area contributed by atoms with E-state index in [2.05, 4.69) is 48.7 Å². The normalized spacial score (nSPS) is 14.9. The molecule has 1 atom stereocenters. The maximum Gasteiger partial charge on any atom is 0.270 e. The van der Waals surface area contributed by atoms with Crippen LogP contribution >= 0.6 is 27.5 Å². The van der Waals surface area contributed by atoms with Gasteiger partial charge in [0.2, 0.25) is 0 Å². The van der Waals surface area contributed by atoms with Gasteiger partial charge in [-0.15, -0.1) is 0 Å². The number of aromatic nitrogens is 2. The molecule has 0 unspecified atom stereocenters. The molecule has 27 heavy (non-hydrogen) atoms. The minimum absolute atomic E-state index is 0.0144. The third kappa shape index (κ3) is 4.88. The van der Waals surface area contributed by atoms with Gasteiger partial charge in [-0.05, 0) is 54.9 Å². The third-order valence-corrected chi connectivity index (χ3v) is 5.50. The second-order valence-electron chi connectivity index (χ2n) is 6.74. The molecule has 0 radical (unpaired) electrons. The highest BCUT2D eigenvalue weighted by atomic mass is 79.9. The van der Waals surface area contributed by atoms with Crippen LogP contribution < -0.4 is 10.6 Å². The van der Waals surface area contributed by atoms with E-state index in [-0.39, 0.29) is 23.5 Å². The number of nitrogens with one attached hydrogen (secondary N) is 3. The molecule has 3 rings (SSSR count). The van der Waals surface area contributed by atoms with E-state index in [1.165, 1.54) is 12.8 Å². The van der Waals surface area contributed by atoms with E-state index in [9.17, 15) is 9.59 Å². The molecular weight excluding hydrogens is 434 g/mol. The summed E-state index contributed by atoms with van der Waals surface area (Å²) in [5, 5.41) is 12.6. The summed E-state index contributed by atoms with van der Waals surface area (Å²) in [6.45, 7) is 2.74. The molecule has 1 fully saturated rings. The molecule has 2 aromatic rings. The summed E-state index contributed by atoms with van der Waals surface area (Å²) in [7, 11) is 2.06. The fourth-order valence-electron chi connectivity index (χ4n) is 2.82. The molecule has 7 nitrogen and oxygen atoms in total. The van der Waals surface area contributed by atoms with Gasteiger partial charge in [-0.3, -0.25) is 14.7 Å². The molecular formula is C18H21BrClN5O2. The largest absolute Gasteiger partial charge is 0.347 e. The van der Waals surface area contributed by atoms with Crippen molar-refractivity contribution in [1.29, 1.82) is 0 Å². The maximum atomic E-state index is 12.5. The molecule has 1 aromatic heterocycles. The molecule has 1 heterocycles. The molecule has 1 aromatic carbocycles. The average molecular weight is 455 g/mol. The SMILES string of the molecule is C[C@H](CN(C)C1CC1)NC(=O)c1[nH]nc(NC(=O)c2ccccc2Cl)c1Br. The zero-order chi connectivity index (χ0) is 19.6. The van der Waals surface area contributed by atoms with E-state index < -0.39 is 5.91 Å². The van der Waals surface area contributed by atoms with E-state index in [0.29, 0.717) is 21.1 Å². The summed E-state index contributed by atoms with van der Waals surface area (Å²) < 4.78 is 0.392. The number of halogens is 2. The Labute approximate surface area is 171 Å². The van der Waals surface area contributed by atoms with Crippen molar-refractivity contribution in [3.8, 4) is 0 Å². The monoisotopic (exact) mass is 453 g/mol. The number of hydrogen-bond acceptors (Lipinski definition) is 4. The smallest absolute Gasteiger partial charge is 0.270 e. The highest BCUT2D eigenvalue weighted by molar-refractivity contribution is 9.10. The average Bonchev–Trinajstić information content (AvgIpc) is 3.40. The van der Waals surface area contributed by atoms with Crippen LogP contribution in [0.2, 0.25) is 5.02 Å². The van der Waals surface area contributed by atoms with Crippen LogP contribution in [0.1, 0.15) is 40.6 Å². The van der Waals surface area contributed by atoms with E-state index in [4.69, 9.17) is 11.6 Å². The van der Waals surface area contributed by atoms with Gasteiger partial charge in [0.05, 0.1) is 15.1 Å². The maximum absolute atomic E-state index is 12.5. The Morgan fingerprint density at radius 1 is 1.37 bits per heavy atom. The second-order valence-corrected chi connectivity index (χ2v) is 7.94. The van der Waals surface area contributed by atoms with Crippen LogP contribution in [0.5, 0.6) is 0 Å². The lowest BCUT2D eigenvalue weighted by Gasteiger charge is -2.21. The highest BCUT2D eigenvalue weighted by Gasteiger charge is 2.27. The number of aromatic amines is 1. The first kappa shape index (κ1) is 19.9. The van der Waals surface area contributed by atoms with Gasteiger partial charge in [0.15, 0.2) is 5.82 Å². The van der Waals surface area contributed by atoms with Crippen molar-refractivity contribution in [2.24, 2.45) is 0 Å². The summed E-state index contributed by atoms with van der Waals surface area (Å²) in [5.41, 5.74) is 0.585. The molecule has 1 aliphatic rings. The molecule has 0 spiro atoms. The quantitative estimate of drug-likeness (QED) is 0.599. The zero-order valence-electron chi connectivity index (χ0n) is 15.1. The minimum atomic E-state index is -0.404. The fourth-order valence-corrected chi connectivity index (χ4v) is 3.50. The number of rotatable bonds is 7. The van der Waals surface area contributed by atoms with Gasteiger partial charge in [-0.1, -0.05) is 23.7 Å². The topological polar surface area (TPSA) is 90.1 Å². The van der Waals surface area contributed by atoms with Gasteiger partial charge >= 0.3 is 0 Å². The predicted octanol–water partition coefficient (Wildman–Crippen LogP) is 3.29. The molecule has 0 saturated heterocycles. The standard InChI is InChI=1S/C18H21BrClN5O2/c1-10(9-25(2)11-7-8-11)21-18(27)15-14(19)16(24-23-15)22-17(26)12-5-3-4-6-13(12)20/h3-6,10-11H,7-9H2,1-2H3,(H,21,27)(H2,22,23,24,26)/t10-/m1/s1. The van der Waals surface area contributed by atoms with Crippen LogP contribution in [0, 0.1) is 0 Å². The Kier molecular flexibility index (Phi) is 6.18. The fraction of sp³-hybridized carbons (Fsp3) is 0.389. The second kappa shape index (κ2) is 8.41. The Bertz CT molecular complexity index is 852. The number of carbonyl (C=O) groups excluding carboxylic acids is 2. The van der Waals surface area contributed by atoms with Gasteiger partial charge in [-0.2, -0.15) is 5.10 Å². The summed E-state index contributed by atoms with van der Waals surface area (Å²) in [6.07, 6.45) is 2.44. The van der Waals surface area contributed by atoms with Crippen molar-refractivity contribution in [3.63, 3.8) is 0 Å². The minimum Gasteiger partial charge on any atom is -0.347 e. The summed E-state index contributed by atoms with van der Waals surface area (Å²) in [4.78, 5) is 27.1. The number of amides is 2. The molecule has 1 aliphatic carbocycles. The first-order valence-corrected chi connectivity index (χ1v) is 9.84. The summed E-state index contributed by atoms with van der Waals surface area (Å²) >= 11 is 9.37. The Balaban J connectivity index is 1.63. The molecule has 0 bridgehead atoms. The molecule has 2 amide bonds. The third-order valence-electron chi connectivity index (χ3n) is 4.39. The van der Waals surface area contributed by atoms with Crippen molar-refractivity contribution in [3.05, 3.63) is 45.0 Å². The number of H-pyrrole nitrogens is 1. The van der Waals surface area contributed by atoms with Crippen LogP contribution in [0.3, 0.4) is 0 Å².